The molecule has 1 aliphatic rings. The number of hydrogen-bond donors (Lipinski definition) is 1. The number of thioether (sulfide) groups is 1. The lowest BCUT2D eigenvalue weighted by molar-refractivity contribution is -0.121. The molecule has 1 saturated heterocycles. The average molecular weight is 514 g/mol. The van der Waals surface area contributed by atoms with Crippen molar-refractivity contribution in [3.05, 3.63) is 72.8 Å². The smallest absolute Gasteiger partial charge is 0.247 e. The molecule has 1 unspecified atom stereocenters. The number of imide groups is 1. The van der Waals surface area contributed by atoms with E-state index in [1.807, 2.05) is 69.3 Å². The minimum absolute atomic E-state index is 0.0396. The number of hydrogen-bond acceptors (Lipinski definition) is 6. The Hall–Kier alpha value is -3.91. The predicted octanol–water partition coefficient (Wildman–Crippen LogP) is 6.29. The number of para-hydroxylation sites is 2. The first-order valence-corrected chi connectivity index (χ1v) is 12.9. The molecule has 0 radical (unpaired) electrons. The number of anilines is 2. The minimum atomic E-state index is -0.509. The molecule has 4 aromatic rings. The third-order valence-corrected chi connectivity index (χ3v) is 7.08. The van der Waals surface area contributed by atoms with Gasteiger partial charge in [0.25, 0.3) is 0 Å². The molecule has 0 bridgehead atoms. The summed E-state index contributed by atoms with van der Waals surface area (Å²) in [6, 6.07) is 21.9. The summed E-state index contributed by atoms with van der Waals surface area (Å²) in [7, 11) is 0. The number of carbonyl (C=O) groups is 3. The predicted molar refractivity (Wildman–Crippen MR) is 145 cm³/mol. The topological polar surface area (TPSA) is 92.5 Å². The Morgan fingerprint density at radius 2 is 1.73 bits per heavy atom. The molecule has 1 fully saturated rings. The van der Waals surface area contributed by atoms with Crippen LogP contribution in [-0.2, 0) is 14.4 Å². The van der Waals surface area contributed by atoms with E-state index >= 15 is 0 Å². The number of benzene rings is 3. The molecule has 7 nitrogen and oxygen atoms in total. The Bertz CT molecular complexity index is 1440. The van der Waals surface area contributed by atoms with Crippen molar-refractivity contribution in [2.24, 2.45) is 5.41 Å². The molecular formula is C29H27N3O4S. The Labute approximate surface area is 219 Å². The van der Waals surface area contributed by atoms with Gasteiger partial charge >= 0.3 is 0 Å². The van der Waals surface area contributed by atoms with Gasteiger partial charge in [-0.15, -0.1) is 11.8 Å². The van der Waals surface area contributed by atoms with Crippen molar-refractivity contribution >= 4 is 52.0 Å². The van der Waals surface area contributed by atoms with Crippen LogP contribution in [0.5, 0.6) is 0 Å². The maximum Gasteiger partial charge on any atom is 0.247 e. The fourth-order valence-electron chi connectivity index (χ4n) is 4.18. The molecule has 1 aliphatic heterocycles. The quantitative estimate of drug-likeness (QED) is 0.305. The Morgan fingerprint density at radius 3 is 2.41 bits per heavy atom. The zero-order chi connectivity index (χ0) is 26.2. The van der Waals surface area contributed by atoms with Crippen LogP contribution in [0.3, 0.4) is 0 Å². The van der Waals surface area contributed by atoms with Crippen molar-refractivity contribution < 1.29 is 18.8 Å². The van der Waals surface area contributed by atoms with Gasteiger partial charge in [0.05, 0.1) is 10.9 Å². The second-order valence-corrected chi connectivity index (χ2v) is 11.5. The summed E-state index contributed by atoms with van der Waals surface area (Å²) in [5.74, 6) is -0.0316. The van der Waals surface area contributed by atoms with Crippen LogP contribution in [0.4, 0.5) is 11.4 Å². The fraction of sp³-hybridized carbons (Fsp3) is 0.241. The molecule has 37 heavy (non-hydrogen) atoms. The average Bonchev–Trinajstić information content (AvgIpc) is 3.40. The van der Waals surface area contributed by atoms with Crippen molar-refractivity contribution in [2.75, 3.05) is 10.2 Å². The van der Waals surface area contributed by atoms with E-state index < -0.39 is 5.25 Å². The summed E-state index contributed by atoms with van der Waals surface area (Å²) >= 11 is 1.35. The number of nitrogens with zero attached hydrogens (tertiary/aromatic N) is 2. The van der Waals surface area contributed by atoms with Gasteiger partial charge in [-0.2, -0.15) is 0 Å². The molecule has 188 valence electrons. The van der Waals surface area contributed by atoms with E-state index in [4.69, 9.17) is 4.42 Å². The zero-order valence-electron chi connectivity index (χ0n) is 20.9. The maximum absolute atomic E-state index is 13.1. The lowest BCUT2D eigenvalue weighted by Crippen LogP contribution is -2.31. The van der Waals surface area contributed by atoms with Gasteiger partial charge in [0.2, 0.25) is 23.6 Å². The van der Waals surface area contributed by atoms with Crippen LogP contribution in [0, 0.1) is 5.41 Å². The molecule has 1 atom stereocenters. The van der Waals surface area contributed by atoms with Crippen LogP contribution in [0.2, 0.25) is 0 Å². The first-order valence-electron chi connectivity index (χ1n) is 12.1. The van der Waals surface area contributed by atoms with Gasteiger partial charge in [-0.1, -0.05) is 32.9 Å². The van der Waals surface area contributed by atoms with Gasteiger partial charge in [0.1, 0.15) is 5.52 Å². The largest absolute Gasteiger partial charge is 0.436 e. The number of fused-ring (bicyclic) bond motifs is 1. The second-order valence-electron chi connectivity index (χ2n) is 10.2. The summed E-state index contributed by atoms with van der Waals surface area (Å²) in [4.78, 5) is 44.7. The lowest BCUT2D eigenvalue weighted by Gasteiger charge is -2.17. The molecule has 3 amide bonds. The summed E-state index contributed by atoms with van der Waals surface area (Å²) in [5, 5.41) is 2.39. The molecule has 1 N–H and O–H groups in total. The highest BCUT2D eigenvalue weighted by Crippen LogP contribution is 2.35. The number of oxazole rings is 1. The zero-order valence-corrected chi connectivity index (χ0v) is 21.7. The summed E-state index contributed by atoms with van der Waals surface area (Å²) in [5.41, 5.74) is 3.37. The molecule has 0 aliphatic carbocycles. The fourth-order valence-corrected chi connectivity index (χ4v) is 5.24. The Balaban J connectivity index is 1.24. The van der Waals surface area contributed by atoms with Crippen molar-refractivity contribution in [2.45, 2.75) is 43.8 Å². The normalized spacial score (nSPS) is 16.0. The standard InChI is InChI=1S/C29H27N3O4S/c1-29(2,3)17-25(33)30-19-10-14-21(15-11-19)37-24-16-26(34)32(28(24)35)20-12-8-18(9-13-20)27-31-22-6-4-5-7-23(22)36-27/h4-15,24H,16-17H2,1-3H3,(H,30,33). The molecule has 0 saturated carbocycles. The number of nitrogens with one attached hydrogen (secondary N) is 1. The van der Waals surface area contributed by atoms with Crippen molar-refractivity contribution in [1.29, 1.82) is 0 Å². The molecule has 5 rings (SSSR count). The third kappa shape index (κ3) is 5.59. The van der Waals surface area contributed by atoms with Gasteiger partial charge < -0.3 is 9.73 Å². The molecule has 2 heterocycles. The van der Waals surface area contributed by atoms with E-state index in [2.05, 4.69) is 10.3 Å². The van der Waals surface area contributed by atoms with Gasteiger partial charge in [-0.3, -0.25) is 14.4 Å². The highest BCUT2D eigenvalue weighted by molar-refractivity contribution is 8.00. The first-order chi connectivity index (χ1) is 17.7. The molecule has 3 aromatic carbocycles. The van der Waals surface area contributed by atoms with Gasteiger partial charge in [-0.05, 0) is 66.1 Å². The van der Waals surface area contributed by atoms with Crippen LogP contribution in [0.1, 0.15) is 33.6 Å². The highest BCUT2D eigenvalue weighted by Gasteiger charge is 2.40. The summed E-state index contributed by atoms with van der Waals surface area (Å²) in [6.07, 6.45) is 0.550. The van der Waals surface area contributed by atoms with Crippen LogP contribution < -0.4 is 10.2 Å². The monoisotopic (exact) mass is 513 g/mol. The van der Waals surface area contributed by atoms with Gasteiger partial charge in [0, 0.05) is 29.0 Å². The number of carbonyl (C=O) groups excluding carboxylic acids is 3. The van der Waals surface area contributed by atoms with Gasteiger partial charge in [-0.25, -0.2) is 9.88 Å². The molecule has 8 heteroatoms. The van der Waals surface area contributed by atoms with Crippen LogP contribution >= 0.6 is 11.8 Å². The lowest BCUT2D eigenvalue weighted by atomic mass is 9.92. The van der Waals surface area contributed by atoms with E-state index in [-0.39, 0.29) is 29.6 Å². The minimum Gasteiger partial charge on any atom is -0.436 e. The van der Waals surface area contributed by atoms with Crippen LogP contribution in [0.25, 0.3) is 22.6 Å². The highest BCUT2D eigenvalue weighted by atomic mass is 32.2. The second kappa shape index (κ2) is 9.86. The van der Waals surface area contributed by atoms with E-state index in [9.17, 15) is 14.4 Å². The summed E-state index contributed by atoms with van der Waals surface area (Å²) < 4.78 is 5.81. The Morgan fingerprint density at radius 1 is 1.03 bits per heavy atom. The van der Waals surface area contributed by atoms with Crippen molar-refractivity contribution in [1.82, 2.24) is 4.98 Å². The summed E-state index contributed by atoms with van der Waals surface area (Å²) in [6.45, 7) is 6.05. The molecular weight excluding hydrogens is 486 g/mol. The number of rotatable bonds is 6. The first kappa shape index (κ1) is 24.8. The van der Waals surface area contributed by atoms with E-state index in [0.29, 0.717) is 29.3 Å². The SMILES string of the molecule is CC(C)(C)CC(=O)Nc1ccc(SC2CC(=O)N(c3ccc(-c4nc5ccccc5o4)cc3)C2=O)cc1. The Kier molecular flexibility index (Phi) is 6.60. The molecule has 1 aromatic heterocycles. The van der Waals surface area contributed by atoms with E-state index in [1.165, 1.54) is 16.7 Å². The van der Waals surface area contributed by atoms with Crippen LogP contribution in [-0.4, -0.2) is 28.0 Å². The molecule has 0 spiro atoms. The van der Waals surface area contributed by atoms with Crippen LogP contribution in [0.15, 0.2) is 82.1 Å². The van der Waals surface area contributed by atoms with E-state index in [0.717, 1.165) is 16.0 Å². The number of amides is 3. The van der Waals surface area contributed by atoms with Crippen molar-refractivity contribution in [3.8, 4) is 11.5 Å². The maximum atomic E-state index is 13.1. The van der Waals surface area contributed by atoms with Crippen molar-refractivity contribution in [3.63, 3.8) is 0 Å². The van der Waals surface area contributed by atoms with Gasteiger partial charge in [0.15, 0.2) is 5.58 Å². The third-order valence-electron chi connectivity index (χ3n) is 5.88. The van der Waals surface area contributed by atoms with E-state index in [1.54, 1.807) is 24.3 Å². The number of aromatic nitrogens is 1.